The van der Waals surface area contributed by atoms with Gasteiger partial charge in [0.25, 0.3) is 5.91 Å². The lowest BCUT2D eigenvalue weighted by atomic mass is 10.1. The van der Waals surface area contributed by atoms with Crippen LogP contribution in [0.1, 0.15) is 23.2 Å². The van der Waals surface area contributed by atoms with Gasteiger partial charge in [0, 0.05) is 18.8 Å². The van der Waals surface area contributed by atoms with Crippen molar-refractivity contribution in [2.75, 3.05) is 13.1 Å². The fraction of sp³-hybridized carbons (Fsp3) is 0.455. The highest BCUT2D eigenvalue weighted by Gasteiger charge is 2.16. The van der Waals surface area contributed by atoms with Crippen molar-refractivity contribution in [3.63, 3.8) is 0 Å². The number of rotatable bonds is 2. The van der Waals surface area contributed by atoms with E-state index in [9.17, 15) is 9.18 Å². The van der Waals surface area contributed by atoms with E-state index in [-0.39, 0.29) is 17.5 Å². The maximum absolute atomic E-state index is 12.9. The van der Waals surface area contributed by atoms with Crippen molar-refractivity contribution in [3.8, 4) is 0 Å². The van der Waals surface area contributed by atoms with Crippen LogP contribution in [0.3, 0.4) is 0 Å². The Morgan fingerprint density at radius 2 is 2.44 bits per heavy atom. The highest BCUT2D eigenvalue weighted by atomic mass is 19.1. The first-order chi connectivity index (χ1) is 7.75. The molecule has 0 aromatic carbocycles. The van der Waals surface area contributed by atoms with Gasteiger partial charge >= 0.3 is 0 Å². The highest BCUT2D eigenvalue weighted by molar-refractivity contribution is 5.94. The number of hydrogen-bond donors (Lipinski definition) is 2. The van der Waals surface area contributed by atoms with Crippen molar-refractivity contribution in [1.82, 2.24) is 15.6 Å². The number of pyridine rings is 1. The summed E-state index contributed by atoms with van der Waals surface area (Å²) in [5, 5.41) is 6.05. The number of halogens is 1. The summed E-state index contributed by atoms with van der Waals surface area (Å²) >= 11 is 0. The third-order valence-electron chi connectivity index (χ3n) is 2.60. The van der Waals surface area contributed by atoms with Gasteiger partial charge in [-0.2, -0.15) is 0 Å². The number of amides is 1. The number of hydrogen-bond acceptors (Lipinski definition) is 3. The summed E-state index contributed by atoms with van der Waals surface area (Å²) in [6.45, 7) is 1.77. The predicted octanol–water partition coefficient (Wildman–Crippen LogP) is 0.702. The second kappa shape index (κ2) is 5.03. The highest BCUT2D eigenvalue weighted by Crippen LogP contribution is 2.05. The molecular formula is C11H14FN3O. The predicted molar refractivity (Wildman–Crippen MR) is 57.6 cm³/mol. The zero-order valence-corrected chi connectivity index (χ0v) is 8.87. The van der Waals surface area contributed by atoms with Gasteiger partial charge in [0.1, 0.15) is 5.82 Å². The fourth-order valence-corrected chi connectivity index (χ4v) is 1.78. The molecule has 5 heteroatoms. The first kappa shape index (κ1) is 11.0. The molecule has 2 rings (SSSR count). The zero-order chi connectivity index (χ0) is 11.4. The molecule has 1 aromatic rings. The Morgan fingerprint density at radius 3 is 3.12 bits per heavy atom. The number of nitrogens with zero attached hydrogens (tertiary/aromatic N) is 1. The Hall–Kier alpha value is -1.49. The van der Waals surface area contributed by atoms with Gasteiger partial charge < -0.3 is 10.6 Å². The summed E-state index contributed by atoms with van der Waals surface area (Å²) in [6.07, 6.45) is 4.46. The Kier molecular flexibility index (Phi) is 3.46. The van der Waals surface area contributed by atoms with Crippen molar-refractivity contribution in [1.29, 1.82) is 0 Å². The van der Waals surface area contributed by atoms with E-state index in [1.165, 1.54) is 12.3 Å². The van der Waals surface area contributed by atoms with E-state index in [1.54, 1.807) is 0 Å². The van der Waals surface area contributed by atoms with Crippen molar-refractivity contribution in [2.45, 2.75) is 18.9 Å². The van der Waals surface area contributed by atoms with Crippen molar-refractivity contribution in [3.05, 3.63) is 29.8 Å². The van der Waals surface area contributed by atoms with E-state index in [0.29, 0.717) is 0 Å². The van der Waals surface area contributed by atoms with Gasteiger partial charge in [0.15, 0.2) is 0 Å². The molecule has 86 valence electrons. The van der Waals surface area contributed by atoms with E-state index in [1.807, 2.05) is 0 Å². The SMILES string of the molecule is O=C(NC1CCCNC1)c1cncc(F)c1. The van der Waals surface area contributed by atoms with Crippen LogP contribution in [0.4, 0.5) is 4.39 Å². The molecule has 1 aliphatic heterocycles. The number of aromatic nitrogens is 1. The van der Waals surface area contributed by atoms with Gasteiger partial charge in [-0.15, -0.1) is 0 Å². The fourth-order valence-electron chi connectivity index (χ4n) is 1.78. The average Bonchev–Trinajstić information content (AvgIpc) is 2.30. The molecule has 1 atom stereocenters. The van der Waals surface area contributed by atoms with Crippen LogP contribution in [0.5, 0.6) is 0 Å². The van der Waals surface area contributed by atoms with Crippen molar-refractivity contribution < 1.29 is 9.18 Å². The lowest BCUT2D eigenvalue weighted by molar-refractivity contribution is 0.0930. The molecule has 0 saturated carbocycles. The molecule has 2 heterocycles. The zero-order valence-electron chi connectivity index (χ0n) is 8.87. The van der Waals surface area contributed by atoms with Gasteiger partial charge in [-0.25, -0.2) is 4.39 Å². The molecule has 2 N–H and O–H groups in total. The van der Waals surface area contributed by atoms with Gasteiger partial charge in [-0.05, 0) is 25.5 Å². The molecule has 4 nitrogen and oxygen atoms in total. The standard InChI is InChI=1S/C11H14FN3O/c12-9-4-8(5-14-6-9)11(16)15-10-2-1-3-13-7-10/h4-6,10,13H,1-3,7H2,(H,15,16). The third-order valence-corrected chi connectivity index (χ3v) is 2.60. The Morgan fingerprint density at radius 1 is 1.56 bits per heavy atom. The first-order valence-corrected chi connectivity index (χ1v) is 5.38. The molecule has 1 fully saturated rings. The van der Waals surface area contributed by atoms with Crippen LogP contribution in [-0.2, 0) is 0 Å². The average molecular weight is 223 g/mol. The van der Waals surface area contributed by atoms with Crippen LogP contribution >= 0.6 is 0 Å². The molecule has 0 bridgehead atoms. The smallest absolute Gasteiger partial charge is 0.253 e. The van der Waals surface area contributed by atoms with Crippen LogP contribution < -0.4 is 10.6 Å². The van der Waals surface area contributed by atoms with Crippen molar-refractivity contribution >= 4 is 5.91 Å². The van der Waals surface area contributed by atoms with Crippen LogP contribution in [0.25, 0.3) is 0 Å². The maximum Gasteiger partial charge on any atom is 0.253 e. The molecule has 1 unspecified atom stereocenters. The molecule has 1 saturated heterocycles. The summed E-state index contributed by atoms with van der Waals surface area (Å²) in [7, 11) is 0. The second-order valence-corrected chi connectivity index (χ2v) is 3.91. The Balaban J connectivity index is 1.97. The number of nitrogens with one attached hydrogen (secondary N) is 2. The molecule has 16 heavy (non-hydrogen) atoms. The molecule has 0 spiro atoms. The van der Waals surface area contributed by atoms with E-state index < -0.39 is 5.82 Å². The van der Waals surface area contributed by atoms with E-state index in [2.05, 4.69) is 15.6 Å². The van der Waals surface area contributed by atoms with Gasteiger partial charge in [0.2, 0.25) is 0 Å². The van der Waals surface area contributed by atoms with E-state index in [0.717, 1.165) is 32.1 Å². The maximum atomic E-state index is 12.9. The van der Waals surface area contributed by atoms with Gasteiger partial charge in [-0.3, -0.25) is 9.78 Å². The van der Waals surface area contributed by atoms with Crippen LogP contribution in [0.2, 0.25) is 0 Å². The summed E-state index contributed by atoms with van der Waals surface area (Å²) in [5.74, 6) is -0.755. The summed E-state index contributed by atoms with van der Waals surface area (Å²) in [6, 6.07) is 1.32. The Labute approximate surface area is 93.3 Å². The first-order valence-electron chi connectivity index (χ1n) is 5.38. The topological polar surface area (TPSA) is 54.0 Å². The number of carbonyl (C=O) groups is 1. The largest absolute Gasteiger partial charge is 0.348 e. The van der Waals surface area contributed by atoms with Crippen LogP contribution in [-0.4, -0.2) is 30.0 Å². The quantitative estimate of drug-likeness (QED) is 0.776. The Bertz CT molecular complexity index is 377. The lowest BCUT2D eigenvalue weighted by Gasteiger charge is -2.23. The minimum absolute atomic E-state index is 0.129. The number of carbonyl (C=O) groups excluding carboxylic acids is 1. The summed E-state index contributed by atoms with van der Waals surface area (Å²) in [4.78, 5) is 15.4. The molecule has 0 aliphatic carbocycles. The monoisotopic (exact) mass is 223 g/mol. The van der Waals surface area contributed by atoms with Crippen LogP contribution in [0, 0.1) is 5.82 Å². The molecule has 0 radical (unpaired) electrons. The van der Waals surface area contributed by atoms with Crippen molar-refractivity contribution in [2.24, 2.45) is 0 Å². The van der Waals surface area contributed by atoms with Crippen LogP contribution in [0.15, 0.2) is 18.5 Å². The molecular weight excluding hydrogens is 209 g/mol. The lowest BCUT2D eigenvalue weighted by Crippen LogP contribution is -2.45. The minimum Gasteiger partial charge on any atom is -0.348 e. The van der Waals surface area contributed by atoms with E-state index >= 15 is 0 Å². The van der Waals surface area contributed by atoms with Gasteiger partial charge in [0.05, 0.1) is 11.8 Å². The number of piperidine rings is 1. The minimum atomic E-state index is -0.491. The third kappa shape index (κ3) is 2.76. The molecule has 1 aliphatic rings. The molecule has 1 aromatic heterocycles. The summed E-state index contributed by atoms with van der Waals surface area (Å²) in [5.41, 5.74) is 0.269. The molecule has 1 amide bonds. The van der Waals surface area contributed by atoms with Gasteiger partial charge in [-0.1, -0.05) is 0 Å². The normalized spacial score (nSPS) is 20.4. The second-order valence-electron chi connectivity index (χ2n) is 3.91. The summed E-state index contributed by atoms with van der Waals surface area (Å²) < 4.78 is 12.9. The van der Waals surface area contributed by atoms with E-state index in [4.69, 9.17) is 0 Å².